The lowest BCUT2D eigenvalue weighted by atomic mass is 9.76. The van der Waals surface area contributed by atoms with Gasteiger partial charge in [-0.2, -0.15) is 0 Å². The van der Waals surface area contributed by atoms with E-state index in [0.717, 1.165) is 35.3 Å². The van der Waals surface area contributed by atoms with E-state index in [1.165, 1.54) is 19.3 Å². The van der Waals surface area contributed by atoms with Gasteiger partial charge in [0.25, 0.3) is 0 Å². The molecule has 1 heterocycles. The summed E-state index contributed by atoms with van der Waals surface area (Å²) in [5, 5.41) is 11.7. The maximum Gasteiger partial charge on any atom is 0.134 e. The Morgan fingerprint density at radius 3 is 3.00 bits per heavy atom. The summed E-state index contributed by atoms with van der Waals surface area (Å²) in [5.74, 6) is 1.17. The molecule has 2 aromatic rings. The highest BCUT2D eigenvalue weighted by Crippen LogP contribution is 2.40. The Bertz CT molecular complexity index is 543. The Labute approximate surface area is 114 Å². The number of aliphatic hydroxyl groups is 1. The zero-order valence-electron chi connectivity index (χ0n) is 11.5. The summed E-state index contributed by atoms with van der Waals surface area (Å²) in [7, 11) is 0. The first kappa shape index (κ1) is 12.7. The molecule has 0 amide bonds. The molecule has 3 atom stereocenters. The summed E-state index contributed by atoms with van der Waals surface area (Å²) in [6.07, 6.45) is 7.45. The van der Waals surface area contributed by atoms with Gasteiger partial charge < -0.3 is 9.52 Å². The van der Waals surface area contributed by atoms with E-state index in [0.29, 0.717) is 5.92 Å². The average Bonchev–Trinajstić information content (AvgIpc) is 2.90. The monoisotopic (exact) mass is 258 g/mol. The van der Waals surface area contributed by atoms with Crippen LogP contribution in [0, 0.1) is 11.8 Å². The highest BCUT2D eigenvalue weighted by atomic mass is 16.3. The Hall–Kier alpha value is -1.28. The molecule has 1 N–H and O–H groups in total. The van der Waals surface area contributed by atoms with Gasteiger partial charge in [-0.15, -0.1) is 0 Å². The lowest BCUT2D eigenvalue weighted by Crippen LogP contribution is -2.21. The second-order valence-electron chi connectivity index (χ2n) is 5.83. The van der Waals surface area contributed by atoms with Crippen molar-refractivity contribution >= 4 is 11.0 Å². The average molecular weight is 258 g/mol. The van der Waals surface area contributed by atoms with Crippen LogP contribution in [0.2, 0.25) is 0 Å². The molecule has 1 saturated carbocycles. The van der Waals surface area contributed by atoms with Crippen molar-refractivity contribution in [3.63, 3.8) is 0 Å². The molecular weight excluding hydrogens is 236 g/mol. The van der Waals surface area contributed by atoms with E-state index in [1.807, 2.05) is 24.3 Å². The number of hydrogen-bond acceptors (Lipinski definition) is 2. The van der Waals surface area contributed by atoms with Crippen LogP contribution in [-0.4, -0.2) is 5.11 Å². The molecular formula is C17H22O2. The molecule has 0 aliphatic heterocycles. The maximum absolute atomic E-state index is 10.7. The molecule has 3 unspecified atom stereocenters. The molecule has 1 aliphatic rings. The molecule has 102 valence electrons. The van der Waals surface area contributed by atoms with Gasteiger partial charge in [-0.05, 0) is 30.7 Å². The van der Waals surface area contributed by atoms with Gasteiger partial charge in [0.05, 0.1) is 12.4 Å². The predicted molar refractivity (Wildman–Crippen MR) is 76.9 cm³/mol. The lowest BCUT2D eigenvalue weighted by Gasteiger charge is -2.31. The van der Waals surface area contributed by atoms with Gasteiger partial charge in [0.2, 0.25) is 0 Å². The van der Waals surface area contributed by atoms with Crippen molar-refractivity contribution in [2.45, 2.75) is 45.1 Å². The van der Waals surface area contributed by atoms with Crippen molar-refractivity contribution in [2.75, 3.05) is 0 Å². The van der Waals surface area contributed by atoms with E-state index in [-0.39, 0.29) is 6.10 Å². The van der Waals surface area contributed by atoms with Crippen LogP contribution in [0.15, 0.2) is 34.9 Å². The SMILES string of the molecule is CCC1CCCC(C(O)c2coc3ccccc23)C1. The smallest absolute Gasteiger partial charge is 0.134 e. The van der Waals surface area contributed by atoms with Crippen LogP contribution in [-0.2, 0) is 0 Å². The zero-order valence-corrected chi connectivity index (χ0v) is 11.5. The Morgan fingerprint density at radius 1 is 1.32 bits per heavy atom. The number of aliphatic hydroxyl groups excluding tert-OH is 1. The zero-order chi connectivity index (χ0) is 13.2. The summed E-state index contributed by atoms with van der Waals surface area (Å²) >= 11 is 0. The van der Waals surface area contributed by atoms with E-state index < -0.39 is 0 Å². The van der Waals surface area contributed by atoms with Crippen LogP contribution in [0.5, 0.6) is 0 Å². The van der Waals surface area contributed by atoms with Crippen LogP contribution in [0.3, 0.4) is 0 Å². The van der Waals surface area contributed by atoms with Gasteiger partial charge in [-0.3, -0.25) is 0 Å². The standard InChI is InChI=1S/C17H22O2/c1-2-12-6-5-7-13(10-12)17(18)15-11-19-16-9-4-3-8-14(15)16/h3-4,8-9,11-13,17-18H,2,5-7,10H2,1H3. The number of para-hydroxylation sites is 1. The van der Waals surface area contributed by atoms with Crippen molar-refractivity contribution in [3.05, 3.63) is 36.1 Å². The molecule has 0 saturated heterocycles. The quantitative estimate of drug-likeness (QED) is 0.867. The van der Waals surface area contributed by atoms with Gasteiger partial charge in [0, 0.05) is 10.9 Å². The van der Waals surface area contributed by atoms with Crippen molar-refractivity contribution in [1.82, 2.24) is 0 Å². The molecule has 1 aromatic carbocycles. The third kappa shape index (κ3) is 2.42. The predicted octanol–water partition coefficient (Wildman–Crippen LogP) is 4.68. The molecule has 3 rings (SSSR count). The molecule has 1 aromatic heterocycles. The summed E-state index contributed by atoms with van der Waals surface area (Å²) < 4.78 is 5.55. The van der Waals surface area contributed by atoms with Crippen LogP contribution < -0.4 is 0 Å². The van der Waals surface area contributed by atoms with Crippen molar-refractivity contribution in [2.24, 2.45) is 11.8 Å². The number of benzene rings is 1. The highest BCUT2D eigenvalue weighted by Gasteiger charge is 2.29. The minimum Gasteiger partial charge on any atom is -0.464 e. The molecule has 0 spiro atoms. The van der Waals surface area contributed by atoms with Gasteiger partial charge in [0.1, 0.15) is 5.58 Å². The van der Waals surface area contributed by atoms with E-state index in [1.54, 1.807) is 6.26 Å². The second-order valence-corrected chi connectivity index (χ2v) is 5.83. The minimum absolute atomic E-state index is 0.377. The minimum atomic E-state index is -0.377. The van der Waals surface area contributed by atoms with Gasteiger partial charge >= 0.3 is 0 Å². The van der Waals surface area contributed by atoms with Crippen LogP contribution in [0.25, 0.3) is 11.0 Å². The summed E-state index contributed by atoms with van der Waals surface area (Å²) in [4.78, 5) is 0. The first-order chi connectivity index (χ1) is 9.29. The van der Waals surface area contributed by atoms with Crippen molar-refractivity contribution in [1.29, 1.82) is 0 Å². The number of hydrogen-bond donors (Lipinski definition) is 1. The van der Waals surface area contributed by atoms with Crippen LogP contribution in [0.1, 0.15) is 50.7 Å². The Morgan fingerprint density at radius 2 is 2.16 bits per heavy atom. The van der Waals surface area contributed by atoms with E-state index in [4.69, 9.17) is 4.42 Å². The summed E-state index contributed by atoms with van der Waals surface area (Å²) in [6.45, 7) is 2.26. The molecule has 2 nitrogen and oxygen atoms in total. The topological polar surface area (TPSA) is 33.4 Å². The normalized spacial score (nSPS) is 25.6. The van der Waals surface area contributed by atoms with E-state index in [2.05, 4.69) is 6.92 Å². The molecule has 2 heteroatoms. The lowest BCUT2D eigenvalue weighted by molar-refractivity contribution is 0.0682. The van der Waals surface area contributed by atoms with Gasteiger partial charge in [-0.25, -0.2) is 0 Å². The fraction of sp³-hybridized carbons (Fsp3) is 0.529. The first-order valence-corrected chi connectivity index (χ1v) is 7.43. The molecule has 1 aliphatic carbocycles. The number of fused-ring (bicyclic) bond motifs is 1. The summed E-state index contributed by atoms with van der Waals surface area (Å²) in [6, 6.07) is 7.97. The Kier molecular flexibility index (Phi) is 3.61. The second kappa shape index (κ2) is 5.38. The fourth-order valence-corrected chi connectivity index (χ4v) is 3.47. The Balaban J connectivity index is 1.85. The van der Waals surface area contributed by atoms with Crippen molar-refractivity contribution < 1.29 is 9.52 Å². The van der Waals surface area contributed by atoms with Crippen LogP contribution in [0.4, 0.5) is 0 Å². The fourth-order valence-electron chi connectivity index (χ4n) is 3.47. The number of furan rings is 1. The largest absolute Gasteiger partial charge is 0.464 e. The van der Waals surface area contributed by atoms with Crippen LogP contribution >= 0.6 is 0 Å². The first-order valence-electron chi connectivity index (χ1n) is 7.43. The molecule has 1 fully saturated rings. The number of rotatable bonds is 3. The summed E-state index contributed by atoms with van der Waals surface area (Å²) in [5.41, 5.74) is 1.84. The third-order valence-electron chi connectivity index (χ3n) is 4.68. The highest BCUT2D eigenvalue weighted by molar-refractivity contribution is 5.81. The molecule has 0 radical (unpaired) electrons. The van der Waals surface area contributed by atoms with Gasteiger partial charge in [-0.1, -0.05) is 44.4 Å². The molecule has 19 heavy (non-hydrogen) atoms. The maximum atomic E-state index is 10.7. The van der Waals surface area contributed by atoms with Crippen molar-refractivity contribution in [3.8, 4) is 0 Å². The van der Waals surface area contributed by atoms with Gasteiger partial charge in [0.15, 0.2) is 0 Å². The molecule has 0 bridgehead atoms. The van der Waals surface area contributed by atoms with E-state index in [9.17, 15) is 5.11 Å². The third-order valence-corrected chi connectivity index (χ3v) is 4.68. The van der Waals surface area contributed by atoms with E-state index >= 15 is 0 Å².